The van der Waals surface area contributed by atoms with Gasteiger partial charge in [-0.3, -0.25) is 24.1 Å². The summed E-state index contributed by atoms with van der Waals surface area (Å²) >= 11 is 0.804. The summed E-state index contributed by atoms with van der Waals surface area (Å²) < 4.78 is 20.6. The predicted molar refractivity (Wildman–Crippen MR) is 250 cm³/mol. The number of unbranched alkanes of at least 4 members (excludes halogenated alkanes) is 2. The van der Waals surface area contributed by atoms with Gasteiger partial charge in [-0.1, -0.05) is 43.2 Å². The van der Waals surface area contributed by atoms with Crippen molar-refractivity contribution in [2.24, 2.45) is 5.73 Å². The van der Waals surface area contributed by atoms with E-state index in [-0.39, 0.29) is 30.6 Å². The number of nitrogens with zero attached hydrogens (tertiary/aromatic N) is 8. The number of anilines is 2. The number of piperazine rings is 1. The van der Waals surface area contributed by atoms with Crippen LogP contribution in [0.5, 0.6) is 0 Å². The number of carboxylic acid groups (broad SMARTS) is 2. The first-order valence-corrected chi connectivity index (χ1v) is 23.6. The van der Waals surface area contributed by atoms with Crippen molar-refractivity contribution < 1.29 is 43.6 Å². The number of aryl methyl sites for hydroxylation is 1. The number of hydrogen-bond acceptors (Lipinski definition) is 16. The molecule has 1 aliphatic heterocycles. The molecule has 3 aromatic heterocycles. The lowest BCUT2D eigenvalue weighted by Gasteiger charge is -2.35. The highest BCUT2D eigenvalue weighted by Gasteiger charge is 2.25. The zero-order chi connectivity index (χ0) is 47.3. The van der Waals surface area contributed by atoms with Crippen LogP contribution in [0.3, 0.4) is 0 Å². The molecule has 0 aliphatic carbocycles. The molecule has 1 aliphatic rings. The lowest BCUT2D eigenvalue weighted by atomic mass is 10.0. The van der Waals surface area contributed by atoms with E-state index in [4.69, 9.17) is 30.8 Å². The number of amides is 2. The van der Waals surface area contributed by atoms with Crippen LogP contribution in [0.15, 0.2) is 36.7 Å². The first-order chi connectivity index (χ1) is 31.9. The van der Waals surface area contributed by atoms with E-state index >= 15 is 0 Å². The van der Waals surface area contributed by atoms with Crippen molar-refractivity contribution in [1.29, 1.82) is 0 Å². The molecule has 21 nitrogen and oxygen atoms in total. The van der Waals surface area contributed by atoms with E-state index in [1.54, 1.807) is 10.9 Å². The van der Waals surface area contributed by atoms with Gasteiger partial charge in [0.1, 0.15) is 22.5 Å². The molecule has 4 heterocycles. The van der Waals surface area contributed by atoms with Crippen LogP contribution in [-0.4, -0.2) is 163 Å². The van der Waals surface area contributed by atoms with Gasteiger partial charge >= 0.3 is 11.9 Å². The molecule has 2 amide bonds. The van der Waals surface area contributed by atoms with Gasteiger partial charge in [-0.2, -0.15) is 4.98 Å². The first kappa shape index (κ1) is 51.6. The summed E-state index contributed by atoms with van der Waals surface area (Å²) in [6, 6.07) is 7.45. The number of nitrogens with two attached hydrogens (primary N) is 2. The summed E-state index contributed by atoms with van der Waals surface area (Å²) in [5.74, 6) is -1.92. The molecule has 0 spiro atoms. The Bertz CT molecular complexity index is 2160. The number of carbonyl (C=O) groups is 4. The minimum atomic E-state index is -1.24. The largest absolute Gasteiger partial charge is 0.480 e. The molecule has 4 aromatic rings. The average Bonchev–Trinajstić information content (AvgIpc) is 3.93. The topological polar surface area (TPSA) is 280 Å². The van der Waals surface area contributed by atoms with E-state index in [1.807, 2.05) is 17.2 Å². The normalized spacial score (nSPS) is 14.1. The Morgan fingerprint density at radius 3 is 2.36 bits per heavy atom. The van der Waals surface area contributed by atoms with Gasteiger partial charge in [0.2, 0.25) is 17.8 Å². The molecule has 0 bridgehead atoms. The van der Waals surface area contributed by atoms with Crippen molar-refractivity contribution in [3.63, 3.8) is 0 Å². The second-order valence-corrected chi connectivity index (χ2v) is 17.4. The van der Waals surface area contributed by atoms with Crippen LogP contribution >= 0.6 is 11.8 Å². The zero-order valence-corrected chi connectivity index (χ0v) is 38.9. The summed E-state index contributed by atoms with van der Waals surface area (Å²) in [5, 5.41) is 31.2. The van der Waals surface area contributed by atoms with Crippen molar-refractivity contribution >= 4 is 58.3 Å². The highest BCUT2D eigenvalue weighted by molar-refractivity contribution is 8.00. The third-order valence-corrected chi connectivity index (χ3v) is 12.3. The highest BCUT2D eigenvalue weighted by atomic mass is 32.2. The predicted octanol–water partition coefficient (Wildman–Crippen LogP) is 2.34. The van der Waals surface area contributed by atoms with Crippen LogP contribution in [0.2, 0.25) is 0 Å². The van der Waals surface area contributed by atoms with E-state index in [0.29, 0.717) is 84.4 Å². The third kappa shape index (κ3) is 17.1. The maximum atomic E-state index is 12.9. The van der Waals surface area contributed by atoms with Crippen molar-refractivity contribution in [2.75, 3.05) is 89.2 Å². The van der Waals surface area contributed by atoms with Crippen molar-refractivity contribution in [3.05, 3.63) is 59.0 Å². The first-order valence-electron chi connectivity index (χ1n) is 22.6. The number of nitrogens with one attached hydrogen (secondary N) is 2. The molecule has 22 heteroatoms. The van der Waals surface area contributed by atoms with Crippen LogP contribution < -0.4 is 22.1 Å². The summed E-state index contributed by atoms with van der Waals surface area (Å²) in [6.45, 7) is 12.7. The van der Waals surface area contributed by atoms with Gasteiger partial charge < -0.3 is 56.0 Å². The second kappa shape index (κ2) is 27.3. The van der Waals surface area contributed by atoms with Gasteiger partial charge in [0, 0.05) is 77.2 Å². The molecule has 8 N–H and O–H groups in total. The molecule has 362 valence electrons. The molecule has 0 saturated carbocycles. The smallest absolute Gasteiger partial charge is 0.321 e. The summed E-state index contributed by atoms with van der Waals surface area (Å²) in [7, 11) is 0. The number of thioether (sulfide) groups is 1. The van der Waals surface area contributed by atoms with Crippen LogP contribution in [0.25, 0.3) is 11.0 Å². The number of carbonyl (C=O) groups excluding carboxylic acids is 2. The zero-order valence-electron chi connectivity index (χ0n) is 38.1. The average molecular weight is 939 g/mol. The Hall–Kier alpha value is -5.39. The molecular weight excluding hydrogens is 873 g/mol. The number of benzene rings is 1. The number of aliphatic carboxylic acids is 2. The van der Waals surface area contributed by atoms with Crippen molar-refractivity contribution in [1.82, 2.24) is 44.6 Å². The molecule has 1 aromatic carbocycles. The Morgan fingerprint density at radius 2 is 1.65 bits per heavy atom. The Kier molecular flexibility index (Phi) is 21.3. The van der Waals surface area contributed by atoms with Crippen LogP contribution in [-0.2, 0) is 59.6 Å². The SMILES string of the molecule is CCCCCNc1nc(N)nc2ccn(Cc3ccc(CN4CCN(C(=O)CCCOCCOCCOCCn5cc(CNC(=O)CC(SC[C@H](N)C(=O)O)C(=O)O)nn5)CC4)cc3C)c12. The van der Waals surface area contributed by atoms with Gasteiger partial charge in [0.25, 0.3) is 0 Å². The minimum absolute atomic E-state index is 0.0509. The fourth-order valence-corrected chi connectivity index (χ4v) is 8.24. The lowest BCUT2D eigenvalue weighted by Crippen LogP contribution is -2.48. The number of hydrogen-bond donors (Lipinski definition) is 6. The van der Waals surface area contributed by atoms with E-state index in [0.717, 1.165) is 74.1 Å². The molecule has 1 fully saturated rings. The summed E-state index contributed by atoms with van der Waals surface area (Å²) in [6.07, 6.45) is 7.84. The maximum Gasteiger partial charge on any atom is 0.321 e. The van der Waals surface area contributed by atoms with Crippen LogP contribution in [0.4, 0.5) is 11.8 Å². The Morgan fingerprint density at radius 1 is 0.909 bits per heavy atom. The van der Waals surface area contributed by atoms with Crippen LogP contribution in [0, 0.1) is 6.92 Å². The van der Waals surface area contributed by atoms with Crippen LogP contribution in [0.1, 0.15) is 67.8 Å². The number of nitrogen functional groups attached to an aromatic ring is 1. The van der Waals surface area contributed by atoms with E-state index < -0.39 is 29.1 Å². The summed E-state index contributed by atoms with van der Waals surface area (Å²) in [4.78, 5) is 60.9. The molecule has 66 heavy (non-hydrogen) atoms. The fourth-order valence-electron chi connectivity index (χ4n) is 7.24. The molecule has 0 radical (unpaired) electrons. The van der Waals surface area contributed by atoms with Gasteiger partial charge in [0.05, 0.1) is 57.8 Å². The number of fused-ring (bicyclic) bond motifs is 1. The van der Waals surface area contributed by atoms with Gasteiger partial charge in [-0.25, -0.2) is 9.67 Å². The Labute approximate surface area is 389 Å². The quantitative estimate of drug-likeness (QED) is 0.0395. The van der Waals surface area contributed by atoms with Gasteiger partial charge in [-0.05, 0) is 42.5 Å². The Balaban J connectivity index is 0.867. The van der Waals surface area contributed by atoms with E-state index in [2.05, 4.69) is 72.4 Å². The number of aromatic nitrogens is 6. The van der Waals surface area contributed by atoms with Crippen molar-refractivity contribution in [3.8, 4) is 0 Å². The number of ether oxygens (including phenoxy) is 3. The number of carboxylic acids is 2. The van der Waals surface area contributed by atoms with E-state index in [9.17, 15) is 24.3 Å². The highest BCUT2D eigenvalue weighted by Crippen LogP contribution is 2.25. The standard InChI is InChI=1S/C44H66N12O9S/c1-3-4-5-11-47-41-40-36(49-44(46)50-41)10-12-55(40)28-33-9-8-32(24-31(33)2)27-53-13-15-54(16-14-53)39(58)7-6-18-63-20-22-65-23-21-64-19-17-56-29-34(51-52-56)26-48-38(57)25-37(43(61)62)66-30-35(45)42(59)60/h8-10,12,24,29,35,37H,3-7,11,13-23,25-28,30,45H2,1-2H3,(H,48,57)(H,59,60)(H,61,62)(H3,46,47,49,50)/t35-,37?/m0/s1. The number of rotatable bonds is 31. The molecule has 2 atom stereocenters. The third-order valence-electron chi connectivity index (χ3n) is 11.0. The minimum Gasteiger partial charge on any atom is -0.480 e. The fraction of sp³-hybridized carbons (Fsp3) is 0.591. The molecular formula is C44H66N12O9S. The molecule has 1 unspecified atom stereocenters. The molecule has 5 rings (SSSR count). The maximum absolute atomic E-state index is 12.9. The lowest BCUT2D eigenvalue weighted by molar-refractivity contribution is -0.139. The van der Waals surface area contributed by atoms with E-state index in [1.165, 1.54) is 16.7 Å². The summed E-state index contributed by atoms with van der Waals surface area (Å²) in [5.41, 5.74) is 17.4. The molecule has 1 saturated heterocycles. The van der Waals surface area contributed by atoms with Gasteiger partial charge in [-0.15, -0.1) is 16.9 Å². The second-order valence-electron chi connectivity index (χ2n) is 16.2. The van der Waals surface area contributed by atoms with Gasteiger partial charge in [0.15, 0.2) is 5.82 Å². The van der Waals surface area contributed by atoms with Crippen molar-refractivity contribution in [2.45, 2.75) is 89.8 Å². The monoisotopic (exact) mass is 938 g/mol.